The molecule has 0 N–H and O–H groups in total. The largest absolute Gasteiger partial charge is 0.303 e. The second-order valence-electron chi connectivity index (χ2n) is 2.52. The summed E-state index contributed by atoms with van der Waals surface area (Å²) in [7, 11) is 0. The van der Waals surface area contributed by atoms with E-state index in [4.69, 9.17) is 0 Å². The van der Waals surface area contributed by atoms with Crippen LogP contribution in [-0.4, -0.2) is 17.1 Å². The fourth-order valence-corrected chi connectivity index (χ4v) is 0.841. The van der Waals surface area contributed by atoms with Crippen molar-refractivity contribution in [2.75, 3.05) is 0 Å². The summed E-state index contributed by atoms with van der Waals surface area (Å²) in [5.41, 5.74) is 0.532. The Bertz CT molecular complexity index is 282. The van der Waals surface area contributed by atoms with Gasteiger partial charge in [0.1, 0.15) is 6.29 Å². The van der Waals surface area contributed by atoms with Crippen LogP contribution in [0.3, 0.4) is 0 Å². The number of nitrogens with zero attached hydrogens (tertiary/aromatic N) is 1. The van der Waals surface area contributed by atoms with Gasteiger partial charge in [-0.3, -0.25) is 9.78 Å². The van der Waals surface area contributed by atoms with Gasteiger partial charge in [-0.2, -0.15) is 0 Å². The topological polar surface area (TPSA) is 47.0 Å². The summed E-state index contributed by atoms with van der Waals surface area (Å²) in [5, 5.41) is 0. The van der Waals surface area contributed by atoms with Crippen molar-refractivity contribution in [3.63, 3.8) is 0 Å². The normalized spacial score (nSPS) is 12.1. The molecule has 62 valence electrons. The molecule has 0 spiro atoms. The Morgan fingerprint density at radius 2 is 2.08 bits per heavy atom. The third-order valence-corrected chi connectivity index (χ3v) is 1.58. The third-order valence-electron chi connectivity index (χ3n) is 1.58. The van der Waals surface area contributed by atoms with E-state index in [-0.39, 0.29) is 5.78 Å². The zero-order valence-electron chi connectivity index (χ0n) is 6.73. The number of Topliss-reactive ketones (excluding diaryl/α,β-unsaturated/α-hetero) is 1. The van der Waals surface area contributed by atoms with E-state index in [9.17, 15) is 9.59 Å². The van der Waals surface area contributed by atoms with Gasteiger partial charge in [-0.15, -0.1) is 0 Å². The van der Waals surface area contributed by atoms with Gasteiger partial charge >= 0.3 is 0 Å². The Kier molecular flexibility index (Phi) is 2.69. The molecule has 0 radical (unpaired) electrons. The van der Waals surface area contributed by atoms with Gasteiger partial charge in [0, 0.05) is 18.0 Å². The highest BCUT2D eigenvalue weighted by atomic mass is 16.1. The number of carbonyl (C=O) groups is 2. The number of pyridine rings is 1. The lowest BCUT2D eigenvalue weighted by atomic mass is 10.0. The Morgan fingerprint density at radius 1 is 1.50 bits per heavy atom. The molecule has 0 bridgehead atoms. The molecule has 0 saturated heterocycles. The van der Waals surface area contributed by atoms with Crippen LogP contribution in [0.4, 0.5) is 0 Å². The minimum Gasteiger partial charge on any atom is -0.303 e. The molecule has 0 aromatic carbocycles. The average molecular weight is 163 g/mol. The molecule has 12 heavy (non-hydrogen) atoms. The molecule has 1 rings (SSSR count). The molecule has 0 fully saturated rings. The predicted molar refractivity (Wildman–Crippen MR) is 43.8 cm³/mol. The molecule has 3 nitrogen and oxygen atoms in total. The molecule has 1 atom stereocenters. The van der Waals surface area contributed by atoms with E-state index in [1.54, 1.807) is 19.1 Å². The zero-order valence-corrected chi connectivity index (χ0v) is 6.73. The maximum Gasteiger partial charge on any atom is 0.172 e. The van der Waals surface area contributed by atoms with E-state index >= 15 is 0 Å². The minimum atomic E-state index is -0.563. The summed E-state index contributed by atoms with van der Waals surface area (Å²) in [6, 6.07) is 3.20. The third kappa shape index (κ3) is 1.75. The maximum atomic E-state index is 11.3. The van der Waals surface area contributed by atoms with Gasteiger partial charge < -0.3 is 4.79 Å². The molecule has 1 aromatic heterocycles. The summed E-state index contributed by atoms with van der Waals surface area (Å²) in [6.45, 7) is 1.58. The van der Waals surface area contributed by atoms with Gasteiger partial charge in [0.2, 0.25) is 0 Å². The van der Waals surface area contributed by atoms with Crippen LogP contribution in [0.1, 0.15) is 17.3 Å². The molecule has 0 aliphatic rings. The molecule has 1 heterocycles. The molecule has 0 amide bonds. The van der Waals surface area contributed by atoms with E-state index < -0.39 is 5.92 Å². The van der Waals surface area contributed by atoms with Gasteiger partial charge in [-0.05, 0) is 19.1 Å². The van der Waals surface area contributed by atoms with Crippen LogP contribution in [0.2, 0.25) is 0 Å². The van der Waals surface area contributed by atoms with Crippen molar-refractivity contribution in [3.05, 3.63) is 30.1 Å². The lowest BCUT2D eigenvalue weighted by Crippen LogP contribution is -2.12. The van der Waals surface area contributed by atoms with Gasteiger partial charge in [-0.25, -0.2) is 0 Å². The van der Waals surface area contributed by atoms with E-state index in [0.717, 1.165) is 0 Å². The highest BCUT2D eigenvalue weighted by molar-refractivity contribution is 6.04. The lowest BCUT2D eigenvalue weighted by Gasteiger charge is -2.00. The van der Waals surface area contributed by atoms with Crippen molar-refractivity contribution in [2.45, 2.75) is 6.92 Å². The summed E-state index contributed by atoms with van der Waals surface area (Å²) in [5.74, 6) is -0.722. The van der Waals surface area contributed by atoms with Crippen LogP contribution in [0, 0.1) is 5.92 Å². The van der Waals surface area contributed by atoms with E-state index in [1.165, 1.54) is 12.4 Å². The first kappa shape index (κ1) is 8.59. The standard InChI is InChI=1S/C9H9NO2/c1-7(6-11)9(12)8-2-4-10-5-3-8/h2-7H,1H3. The van der Waals surface area contributed by atoms with Crippen LogP contribution in [0.5, 0.6) is 0 Å². The van der Waals surface area contributed by atoms with Crippen molar-refractivity contribution in [3.8, 4) is 0 Å². The Balaban J connectivity index is 2.85. The smallest absolute Gasteiger partial charge is 0.172 e. The summed E-state index contributed by atoms with van der Waals surface area (Å²) >= 11 is 0. The lowest BCUT2D eigenvalue weighted by molar-refractivity contribution is -0.109. The first-order chi connectivity index (χ1) is 5.75. The molecule has 3 heteroatoms. The van der Waals surface area contributed by atoms with Crippen molar-refractivity contribution in [1.82, 2.24) is 4.98 Å². The fourth-order valence-electron chi connectivity index (χ4n) is 0.841. The molecular weight excluding hydrogens is 154 g/mol. The second kappa shape index (κ2) is 3.76. The van der Waals surface area contributed by atoms with E-state index in [1.807, 2.05) is 0 Å². The summed E-state index contributed by atoms with van der Waals surface area (Å²) in [6.07, 6.45) is 3.71. The number of hydrogen-bond acceptors (Lipinski definition) is 3. The van der Waals surface area contributed by atoms with Gasteiger partial charge in [0.15, 0.2) is 5.78 Å². The van der Waals surface area contributed by atoms with Crippen LogP contribution < -0.4 is 0 Å². The average Bonchev–Trinajstić information content (AvgIpc) is 2.17. The molecule has 0 aliphatic heterocycles. The van der Waals surface area contributed by atoms with Crippen molar-refractivity contribution in [2.24, 2.45) is 5.92 Å². The van der Waals surface area contributed by atoms with Crippen molar-refractivity contribution >= 4 is 12.1 Å². The first-order valence-electron chi connectivity index (χ1n) is 3.65. The van der Waals surface area contributed by atoms with Crippen LogP contribution >= 0.6 is 0 Å². The van der Waals surface area contributed by atoms with Crippen LogP contribution in [-0.2, 0) is 4.79 Å². The quantitative estimate of drug-likeness (QED) is 0.381. The van der Waals surface area contributed by atoms with Crippen LogP contribution in [0.25, 0.3) is 0 Å². The number of rotatable bonds is 3. The monoisotopic (exact) mass is 163 g/mol. The Labute approximate surface area is 70.4 Å². The number of aldehydes is 1. The molecule has 0 aliphatic carbocycles. The number of aromatic nitrogens is 1. The SMILES string of the molecule is CC(C=O)C(=O)c1ccncc1. The Morgan fingerprint density at radius 3 is 2.58 bits per heavy atom. The molecule has 1 aromatic rings. The second-order valence-corrected chi connectivity index (χ2v) is 2.52. The highest BCUT2D eigenvalue weighted by Crippen LogP contribution is 2.04. The maximum absolute atomic E-state index is 11.3. The van der Waals surface area contributed by atoms with Crippen LogP contribution in [0.15, 0.2) is 24.5 Å². The summed E-state index contributed by atoms with van der Waals surface area (Å²) in [4.78, 5) is 25.4. The molecule has 1 unspecified atom stereocenters. The number of carbonyl (C=O) groups excluding carboxylic acids is 2. The van der Waals surface area contributed by atoms with E-state index in [0.29, 0.717) is 11.8 Å². The first-order valence-corrected chi connectivity index (χ1v) is 3.65. The van der Waals surface area contributed by atoms with Gasteiger partial charge in [0.05, 0.1) is 5.92 Å². The molecular formula is C9H9NO2. The number of ketones is 1. The fraction of sp³-hybridized carbons (Fsp3) is 0.222. The van der Waals surface area contributed by atoms with Gasteiger partial charge in [0.25, 0.3) is 0 Å². The molecule has 0 saturated carbocycles. The predicted octanol–water partition coefficient (Wildman–Crippen LogP) is 1.10. The zero-order chi connectivity index (χ0) is 8.97. The summed E-state index contributed by atoms with van der Waals surface area (Å²) < 4.78 is 0. The van der Waals surface area contributed by atoms with E-state index in [2.05, 4.69) is 4.98 Å². The highest BCUT2D eigenvalue weighted by Gasteiger charge is 2.12. The van der Waals surface area contributed by atoms with Gasteiger partial charge in [-0.1, -0.05) is 0 Å². The van der Waals surface area contributed by atoms with Crippen molar-refractivity contribution < 1.29 is 9.59 Å². The number of hydrogen-bond donors (Lipinski definition) is 0. The van der Waals surface area contributed by atoms with Crippen molar-refractivity contribution in [1.29, 1.82) is 0 Å². The minimum absolute atomic E-state index is 0.160. The Hall–Kier alpha value is -1.51.